The number of aryl methyl sites for hydroxylation is 6. The lowest BCUT2D eigenvalue weighted by Crippen LogP contribution is -2.49. The molecule has 2 fully saturated rings. The Bertz CT molecular complexity index is 2150. The van der Waals surface area contributed by atoms with E-state index < -0.39 is 60.3 Å². The summed E-state index contributed by atoms with van der Waals surface area (Å²) in [5.41, 5.74) is 5.85. The van der Waals surface area contributed by atoms with E-state index in [0.717, 1.165) is 38.9 Å². The lowest BCUT2D eigenvalue weighted by molar-refractivity contribution is -0.189. The highest BCUT2D eigenvalue weighted by Gasteiger charge is 2.51. The summed E-state index contributed by atoms with van der Waals surface area (Å²) >= 11 is 4.90. The summed E-state index contributed by atoms with van der Waals surface area (Å²) in [6.45, 7) is 8.95. The van der Waals surface area contributed by atoms with E-state index in [-0.39, 0.29) is 41.3 Å². The van der Waals surface area contributed by atoms with E-state index in [1.54, 1.807) is 28.2 Å². The van der Waals surface area contributed by atoms with Gasteiger partial charge in [0.15, 0.2) is 0 Å². The molecule has 2 saturated carbocycles. The number of amides is 4. The van der Waals surface area contributed by atoms with Gasteiger partial charge in [-0.15, -0.1) is 12.4 Å². The highest BCUT2D eigenvalue weighted by Crippen LogP contribution is 2.46. The predicted molar refractivity (Wildman–Crippen MR) is 240 cm³/mol. The summed E-state index contributed by atoms with van der Waals surface area (Å²) in [6, 6.07) is 7.84. The fourth-order valence-electron chi connectivity index (χ4n) is 8.94. The Morgan fingerprint density at radius 2 is 1.00 bits per heavy atom. The topological polar surface area (TPSA) is 147 Å². The Labute approximate surface area is 392 Å². The van der Waals surface area contributed by atoms with Crippen molar-refractivity contribution in [2.24, 2.45) is 0 Å². The van der Waals surface area contributed by atoms with Crippen molar-refractivity contribution in [2.75, 3.05) is 41.4 Å². The summed E-state index contributed by atoms with van der Waals surface area (Å²) in [7, 11) is 6.28. The summed E-state index contributed by atoms with van der Waals surface area (Å²) in [5, 5.41) is 16.4. The van der Waals surface area contributed by atoms with Gasteiger partial charge < -0.3 is 39.8 Å². The van der Waals surface area contributed by atoms with Crippen molar-refractivity contribution in [3.8, 4) is 0 Å². The Hall–Kier alpha value is -4.52. The molecular weight excluding hydrogens is 921 g/mol. The van der Waals surface area contributed by atoms with Crippen LogP contribution in [0.15, 0.2) is 35.8 Å². The summed E-state index contributed by atoms with van der Waals surface area (Å²) < 4.78 is 90.3. The first-order valence-corrected chi connectivity index (χ1v) is 21.5. The molecule has 2 aliphatic heterocycles. The fourth-order valence-corrected chi connectivity index (χ4v) is 8.94. The van der Waals surface area contributed by atoms with Crippen LogP contribution in [0.3, 0.4) is 0 Å². The minimum absolute atomic E-state index is 0. The molecule has 0 atom stereocenters. The maximum absolute atomic E-state index is 13.2. The van der Waals surface area contributed by atoms with Gasteiger partial charge in [-0.1, -0.05) is 35.4 Å². The number of hydrogen-bond acceptors (Lipinski definition) is 8. The molecule has 2 aromatic rings. The van der Waals surface area contributed by atoms with E-state index in [9.17, 15) is 50.6 Å². The molecule has 2 spiro atoms. The summed E-state index contributed by atoms with van der Waals surface area (Å²) in [6.07, 6.45) is -7.84. The van der Waals surface area contributed by atoms with Crippen molar-refractivity contribution in [2.45, 2.75) is 129 Å². The Morgan fingerprint density at radius 1 is 0.667 bits per heavy atom. The number of alkyl halides is 6. The molecule has 6 rings (SSSR count). The lowest BCUT2D eigenvalue weighted by atomic mass is 9.78. The average Bonchev–Trinajstić information content (AvgIpc) is 3.56. The van der Waals surface area contributed by atoms with Crippen LogP contribution in [0.2, 0.25) is 0 Å². The molecule has 0 aromatic heterocycles. The standard InChI is InChI=1S/C23H29F3N2O4.C20H24F3NO3.C3H6ClNO.ClH/c1-13-10-14(2)17(15(3)11-13)18-19(32-21(30)28(4)5)22(27-20(18)29)8-6-16(7-9-22)31-12-23(24,25)26;1-11-8-12(2)15(13(3)9-11)16-17(25)19(24-18(16)26)6-4-14(5-7-19)27-10-20(21,22)23;1-5(2)3(4)6;/h10-11,16H,6-9,12H2,1-5H3,(H,27,29);8-9,14,25H,4-7,10H2,1-3H3,(H,24,26);1-2H3;1H. The minimum atomic E-state index is -4.39. The van der Waals surface area contributed by atoms with Gasteiger partial charge in [-0.3, -0.25) is 14.4 Å². The van der Waals surface area contributed by atoms with Crippen molar-refractivity contribution in [3.05, 3.63) is 80.3 Å². The molecule has 2 aromatic carbocycles. The molecule has 4 aliphatic rings. The molecule has 20 heteroatoms. The Balaban J connectivity index is 0.000000311. The predicted octanol–water partition coefficient (Wildman–Crippen LogP) is 10.0. The van der Waals surface area contributed by atoms with Crippen LogP contribution in [0.1, 0.15) is 95.9 Å². The molecule has 0 saturated heterocycles. The number of hydrogen-bond donors (Lipinski definition) is 3. The van der Waals surface area contributed by atoms with Crippen molar-refractivity contribution in [1.29, 1.82) is 0 Å². The number of aliphatic hydroxyl groups is 1. The molecule has 2 aliphatic carbocycles. The summed E-state index contributed by atoms with van der Waals surface area (Å²) in [5.74, 6) is -0.448. The summed E-state index contributed by atoms with van der Waals surface area (Å²) in [4.78, 5) is 50.8. The number of nitrogens with one attached hydrogen (secondary N) is 2. The second-order valence-electron chi connectivity index (χ2n) is 17.7. The lowest BCUT2D eigenvalue weighted by Gasteiger charge is -2.38. The zero-order valence-electron chi connectivity index (χ0n) is 38.8. The molecule has 3 N–H and O–H groups in total. The largest absolute Gasteiger partial charge is 0.509 e. The molecule has 368 valence electrons. The van der Waals surface area contributed by atoms with E-state index in [1.165, 1.54) is 9.80 Å². The van der Waals surface area contributed by atoms with Gasteiger partial charge in [0.25, 0.3) is 11.8 Å². The zero-order valence-corrected chi connectivity index (χ0v) is 40.4. The number of carbonyl (C=O) groups excluding carboxylic acids is 4. The molecule has 0 unspecified atom stereocenters. The van der Waals surface area contributed by atoms with Crippen LogP contribution in [0, 0.1) is 41.5 Å². The van der Waals surface area contributed by atoms with Gasteiger partial charge in [0.1, 0.15) is 24.7 Å². The number of rotatable bonds is 7. The zero-order chi connectivity index (χ0) is 49.0. The van der Waals surface area contributed by atoms with Crippen LogP contribution in [-0.4, -0.2) is 115 Å². The van der Waals surface area contributed by atoms with E-state index in [0.29, 0.717) is 62.5 Å². The Morgan fingerprint density at radius 3 is 1.35 bits per heavy atom. The highest BCUT2D eigenvalue weighted by molar-refractivity contribution is 6.62. The second kappa shape index (κ2) is 22.1. The number of halogens is 8. The van der Waals surface area contributed by atoms with Crippen LogP contribution < -0.4 is 10.6 Å². The molecule has 0 radical (unpaired) electrons. The number of ether oxygens (including phenoxy) is 3. The van der Waals surface area contributed by atoms with Crippen molar-refractivity contribution >= 4 is 58.4 Å². The van der Waals surface area contributed by atoms with Crippen LogP contribution in [-0.2, 0) is 23.8 Å². The van der Waals surface area contributed by atoms with Crippen LogP contribution in [0.5, 0.6) is 0 Å². The number of aliphatic hydroxyl groups excluding tert-OH is 1. The molecule has 0 bridgehead atoms. The maximum atomic E-state index is 13.2. The average molecular weight is 982 g/mol. The van der Waals surface area contributed by atoms with Crippen molar-refractivity contribution < 1.29 is 64.8 Å². The highest BCUT2D eigenvalue weighted by atomic mass is 35.5. The van der Waals surface area contributed by atoms with Gasteiger partial charge in [0.05, 0.1) is 34.4 Å². The number of carbonyl (C=O) groups is 4. The van der Waals surface area contributed by atoms with E-state index >= 15 is 0 Å². The normalized spacial score (nSPS) is 22.7. The van der Waals surface area contributed by atoms with Crippen LogP contribution >= 0.6 is 24.0 Å². The van der Waals surface area contributed by atoms with Gasteiger partial charge in [-0.25, -0.2) is 4.79 Å². The maximum Gasteiger partial charge on any atom is 0.414 e. The first kappa shape index (κ1) is 55.8. The van der Waals surface area contributed by atoms with Crippen LogP contribution in [0.4, 0.5) is 35.9 Å². The fraction of sp³-hybridized carbons (Fsp3) is 0.565. The van der Waals surface area contributed by atoms with E-state index in [1.807, 2.05) is 65.8 Å². The quantitative estimate of drug-likeness (QED) is 0.141. The first-order valence-electron chi connectivity index (χ1n) is 21.1. The number of benzene rings is 2. The molecular formula is C46H60Cl2F6N4O8. The SMILES string of the molecule is CN(C)C(=O)Cl.Cc1cc(C)c(C2=C(O)C3(CCC(OCC(F)(F)F)CC3)NC2=O)c(C)c1.Cc1cc(C)c(C2=C(OC(=O)N(C)C)C3(CCC(OCC(F)(F)F)CC3)NC2=O)c(C)c1.Cl. The number of nitrogens with zero attached hydrogens (tertiary/aromatic N) is 2. The van der Waals surface area contributed by atoms with Gasteiger partial charge in [0.2, 0.25) is 0 Å². The monoisotopic (exact) mass is 980 g/mol. The molecule has 4 amide bonds. The van der Waals surface area contributed by atoms with E-state index in [4.69, 9.17) is 25.8 Å². The van der Waals surface area contributed by atoms with Crippen molar-refractivity contribution in [1.82, 2.24) is 20.4 Å². The minimum Gasteiger partial charge on any atom is -0.509 e. The Kier molecular flexibility index (Phi) is 18.7. The molecule has 12 nitrogen and oxygen atoms in total. The van der Waals surface area contributed by atoms with Gasteiger partial charge >= 0.3 is 23.8 Å². The van der Waals surface area contributed by atoms with Gasteiger partial charge in [-0.05, 0) is 138 Å². The first-order chi connectivity index (χ1) is 30.0. The molecule has 2 heterocycles. The second-order valence-corrected chi connectivity index (χ2v) is 18.0. The van der Waals surface area contributed by atoms with Gasteiger partial charge in [-0.2, -0.15) is 26.3 Å². The van der Waals surface area contributed by atoms with Crippen molar-refractivity contribution in [3.63, 3.8) is 0 Å². The third kappa shape index (κ3) is 13.8. The third-order valence-corrected chi connectivity index (χ3v) is 12.1. The smallest absolute Gasteiger partial charge is 0.414 e. The van der Waals surface area contributed by atoms with Gasteiger partial charge in [0, 0.05) is 28.2 Å². The third-order valence-electron chi connectivity index (χ3n) is 11.8. The molecule has 66 heavy (non-hydrogen) atoms. The van der Waals surface area contributed by atoms with E-state index in [2.05, 4.69) is 10.6 Å². The van der Waals surface area contributed by atoms with Crippen LogP contribution in [0.25, 0.3) is 11.1 Å².